The molecule has 1 aliphatic rings. The molecule has 1 aliphatic heterocycles. The molecule has 7 heteroatoms. The Labute approximate surface area is 214 Å². The van der Waals surface area contributed by atoms with Gasteiger partial charge in [-0.1, -0.05) is 30.3 Å². The molecular formula is C29H28FN3O2S. The number of hydrogen-bond donors (Lipinski definition) is 2. The van der Waals surface area contributed by atoms with Gasteiger partial charge in [0.2, 0.25) is 0 Å². The van der Waals surface area contributed by atoms with E-state index in [4.69, 9.17) is 15.5 Å². The lowest BCUT2D eigenvalue weighted by molar-refractivity contribution is 0.0630. The topological polar surface area (TPSA) is 77.2 Å². The number of carbonyl (C=O) groups is 1. The number of aromatic nitrogens is 1. The third kappa shape index (κ3) is 4.64. The van der Waals surface area contributed by atoms with Crippen LogP contribution >= 0.6 is 11.3 Å². The van der Waals surface area contributed by atoms with Crippen molar-refractivity contribution in [1.29, 1.82) is 0 Å². The largest absolute Gasteiger partial charge is 0.397 e. The summed E-state index contributed by atoms with van der Waals surface area (Å²) in [7, 11) is 0. The van der Waals surface area contributed by atoms with Gasteiger partial charge < -0.3 is 15.8 Å². The molecule has 2 heterocycles. The second-order valence-corrected chi connectivity index (χ2v) is 10.4. The first-order chi connectivity index (χ1) is 17.4. The molecule has 5 nitrogen and oxygen atoms in total. The Morgan fingerprint density at radius 2 is 1.67 bits per heavy atom. The van der Waals surface area contributed by atoms with E-state index in [0.717, 1.165) is 40.2 Å². The van der Waals surface area contributed by atoms with E-state index in [1.807, 2.05) is 37.3 Å². The normalized spacial score (nSPS) is 15.0. The monoisotopic (exact) mass is 501 g/mol. The van der Waals surface area contributed by atoms with Gasteiger partial charge >= 0.3 is 0 Å². The van der Waals surface area contributed by atoms with E-state index < -0.39 is 0 Å². The van der Waals surface area contributed by atoms with E-state index in [1.54, 1.807) is 35.6 Å². The van der Waals surface area contributed by atoms with Crippen molar-refractivity contribution in [3.05, 3.63) is 99.3 Å². The second-order valence-electron chi connectivity index (χ2n) is 9.20. The fourth-order valence-corrected chi connectivity index (χ4v) is 5.83. The van der Waals surface area contributed by atoms with Gasteiger partial charge in [-0.15, -0.1) is 11.3 Å². The SMILES string of the molecule is Cc1nc(C2(c3ccc(C(=O)Nc4cc(-c5ccc(F)cc5)ccc4N)cc3)CCOCC2)sc1C. The highest BCUT2D eigenvalue weighted by Gasteiger charge is 2.39. The van der Waals surface area contributed by atoms with Crippen molar-refractivity contribution in [2.45, 2.75) is 32.1 Å². The molecule has 36 heavy (non-hydrogen) atoms. The zero-order valence-electron chi connectivity index (χ0n) is 20.3. The number of amides is 1. The van der Waals surface area contributed by atoms with E-state index >= 15 is 0 Å². The number of nitrogens with one attached hydrogen (secondary N) is 1. The lowest BCUT2D eigenvalue weighted by atomic mass is 9.74. The van der Waals surface area contributed by atoms with Gasteiger partial charge in [-0.2, -0.15) is 0 Å². The van der Waals surface area contributed by atoms with Crippen LogP contribution in [0.3, 0.4) is 0 Å². The number of aryl methyl sites for hydroxylation is 2. The summed E-state index contributed by atoms with van der Waals surface area (Å²) in [5.41, 5.74) is 11.3. The van der Waals surface area contributed by atoms with Crippen molar-refractivity contribution in [2.75, 3.05) is 24.3 Å². The van der Waals surface area contributed by atoms with Gasteiger partial charge in [0.15, 0.2) is 0 Å². The average molecular weight is 502 g/mol. The van der Waals surface area contributed by atoms with Gasteiger partial charge in [0, 0.05) is 23.7 Å². The van der Waals surface area contributed by atoms with Crippen LogP contribution in [0.15, 0.2) is 66.7 Å². The van der Waals surface area contributed by atoms with E-state index in [9.17, 15) is 9.18 Å². The molecule has 1 fully saturated rings. The molecule has 0 unspecified atom stereocenters. The molecule has 0 saturated carbocycles. The lowest BCUT2D eigenvalue weighted by Crippen LogP contribution is -2.35. The molecule has 0 atom stereocenters. The number of thiazole rings is 1. The van der Waals surface area contributed by atoms with Gasteiger partial charge in [-0.05, 0) is 79.8 Å². The molecule has 5 rings (SSSR count). The Kier molecular flexibility index (Phi) is 6.60. The van der Waals surface area contributed by atoms with Gasteiger partial charge in [-0.3, -0.25) is 4.79 Å². The fourth-order valence-electron chi connectivity index (χ4n) is 4.64. The van der Waals surface area contributed by atoms with Crippen molar-refractivity contribution >= 4 is 28.6 Å². The summed E-state index contributed by atoms with van der Waals surface area (Å²) in [6.45, 7) is 5.52. The van der Waals surface area contributed by atoms with E-state index in [2.05, 4.69) is 12.2 Å². The Morgan fingerprint density at radius 3 is 2.31 bits per heavy atom. The van der Waals surface area contributed by atoms with E-state index in [1.165, 1.54) is 17.0 Å². The summed E-state index contributed by atoms with van der Waals surface area (Å²) in [6.07, 6.45) is 1.72. The number of anilines is 2. The summed E-state index contributed by atoms with van der Waals surface area (Å²) >= 11 is 1.75. The van der Waals surface area contributed by atoms with Gasteiger partial charge in [-0.25, -0.2) is 9.37 Å². The zero-order valence-corrected chi connectivity index (χ0v) is 21.1. The number of hydrogen-bond acceptors (Lipinski definition) is 5. The lowest BCUT2D eigenvalue weighted by Gasteiger charge is -2.36. The van der Waals surface area contributed by atoms with Crippen LogP contribution in [0, 0.1) is 19.7 Å². The molecular weight excluding hydrogens is 473 g/mol. The molecule has 1 saturated heterocycles. The first kappa shape index (κ1) is 24.2. The number of rotatable bonds is 5. The van der Waals surface area contributed by atoms with Gasteiger partial charge in [0.05, 0.1) is 22.5 Å². The highest BCUT2D eigenvalue weighted by molar-refractivity contribution is 7.11. The van der Waals surface area contributed by atoms with Crippen molar-refractivity contribution in [3.63, 3.8) is 0 Å². The maximum atomic E-state index is 13.3. The molecule has 3 aromatic carbocycles. The van der Waals surface area contributed by atoms with E-state index in [-0.39, 0.29) is 17.1 Å². The number of carbonyl (C=O) groups excluding carboxylic acids is 1. The van der Waals surface area contributed by atoms with Gasteiger partial charge in [0.1, 0.15) is 10.8 Å². The minimum absolute atomic E-state index is 0.204. The fraction of sp³-hybridized carbons (Fsp3) is 0.241. The number of nitrogens with two attached hydrogens (primary N) is 1. The van der Waals surface area contributed by atoms with Crippen molar-refractivity contribution in [1.82, 2.24) is 4.98 Å². The number of benzene rings is 3. The highest BCUT2D eigenvalue weighted by atomic mass is 32.1. The van der Waals surface area contributed by atoms with Crippen LogP contribution in [0.4, 0.5) is 15.8 Å². The molecule has 1 aromatic heterocycles. The van der Waals surface area contributed by atoms with E-state index in [0.29, 0.717) is 30.2 Å². The number of nitrogens with zero attached hydrogens (tertiary/aromatic N) is 1. The average Bonchev–Trinajstić information content (AvgIpc) is 3.25. The molecule has 0 aliphatic carbocycles. The van der Waals surface area contributed by atoms with Crippen molar-refractivity contribution in [3.8, 4) is 11.1 Å². The number of halogens is 1. The van der Waals surface area contributed by atoms with Crippen LogP contribution in [-0.2, 0) is 10.2 Å². The minimum atomic E-state index is -0.297. The van der Waals surface area contributed by atoms with Crippen LogP contribution in [0.2, 0.25) is 0 Å². The van der Waals surface area contributed by atoms with Crippen LogP contribution in [0.5, 0.6) is 0 Å². The summed E-state index contributed by atoms with van der Waals surface area (Å²) in [6, 6.07) is 19.4. The summed E-state index contributed by atoms with van der Waals surface area (Å²) in [4.78, 5) is 19.2. The standard InChI is InChI=1S/C29H28FN3O2S/c1-18-19(2)36-28(32-18)29(13-15-35-16-14-29)23-8-3-21(4-9-23)27(34)33-26-17-22(7-12-25(26)31)20-5-10-24(30)11-6-20/h3-12,17H,13-16,31H2,1-2H3,(H,33,34). The quantitative estimate of drug-likeness (QED) is 0.306. The third-order valence-electron chi connectivity index (χ3n) is 6.96. The number of nitrogen functional groups attached to an aromatic ring is 1. The van der Waals surface area contributed by atoms with Gasteiger partial charge in [0.25, 0.3) is 5.91 Å². The maximum Gasteiger partial charge on any atom is 0.255 e. The summed E-state index contributed by atoms with van der Waals surface area (Å²) in [5, 5.41) is 4.04. The van der Waals surface area contributed by atoms with Crippen molar-refractivity contribution in [2.24, 2.45) is 0 Å². The maximum absolute atomic E-state index is 13.3. The molecule has 0 bridgehead atoms. The Morgan fingerprint density at radius 1 is 1.00 bits per heavy atom. The Balaban J connectivity index is 1.39. The first-order valence-corrected chi connectivity index (χ1v) is 12.8. The first-order valence-electron chi connectivity index (χ1n) is 12.0. The molecule has 1 amide bonds. The Hall–Kier alpha value is -3.55. The molecule has 0 spiro atoms. The molecule has 3 N–H and O–H groups in total. The molecule has 4 aromatic rings. The smallest absolute Gasteiger partial charge is 0.255 e. The summed E-state index contributed by atoms with van der Waals surface area (Å²) < 4.78 is 19.0. The van der Waals surface area contributed by atoms with Crippen LogP contribution in [-0.4, -0.2) is 24.1 Å². The zero-order chi connectivity index (χ0) is 25.3. The van der Waals surface area contributed by atoms with Crippen LogP contribution < -0.4 is 11.1 Å². The predicted molar refractivity (Wildman–Crippen MR) is 143 cm³/mol. The molecule has 0 radical (unpaired) electrons. The highest BCUT2D eigenvalue weighted by Crippen LogP contribution is 2.43. The minimum Gasteiger partial charge on any atom is -0.397 e. The summed E-state index contributed by atoms with van der Waals surface area (Å²) in [5.74, 6) is -0.541. The predicted octanol–water partition coefficient (Wildman–Crippen LogP) is 6.50. The third-order valence-corrected chi connectivity index (χ3v) is 8.24. The Bertz CT molecular complexity index is 1370. The number of ether oxygens (including phenoxy) is 1. The molecule has 184 valence electrons. The van der Waals surface area contributed by atoms with Crippen LogP contribution in [0.1, 0.15) is 44.3 Å². The van der Waals surface area contributed by atoms with Crippen LogP contribution in [0.25, 0.3) is 11.1 Å². The van der Waals surface area contributed by atoms with Crippen molar-refractivity contribution < 1.29 is 13.9 Å². The second kappa shape index (κ2) is 9.84.